The Kier molecular flexibility index (Phi) is 2.29. The van der Waals surface area contributed by atoms with Gasteiger partial charge in [-0.3, -0.25) is 4.68 Å². The maximum Gasteiger partial charge on any atom is 0.177 e. The minimum Gasteiger partial charge on any atom is -0.361 e. The van der Waals surface area contributed by atoms with Crippen LogP contribution in [0.4, 0.5) is 5.82 Å². The number of anilines is 1. The molecule has 5 heteroatoms. The Morgan fingerprint density at radius 3 is 3.00 bits per heavy atom. The SMILES string of the molecule is Cn1ccc(CNc2noc3ccccc23)n1. The van der Waals surface area contributed by atoms with Crippen LogP contribution in [0, 0.1) is 0 Å². The van der Waals surface area contributed by atoms with Crippen molar-refractivity contribution in [2.24, 2.45) is 7.05 Å². The Balaban J connectivity index is 1.81. The van der Waals surface area contributed by atoms with E-state index in [-0.39, 0.29) is 0 Å². The highest BCUT2D eigenvalue weighted by atomic mass is 16.5. The lowest BCUT2D eigenvalue weighted by molar-refractivity contribution is 0.459. The lowest BCUT2D eigenvalue weighted by Crippen LogP contribution is -2.01. The van der Waals surface area contributed by atoms with Crippen LogP contribution in [0.3, 0.4) is 0 Å². The van der Waals surface area contributed by atoms with Crippen LogP contribution in [0.15, 0.2) is 41.1 Å². The molecule has 0 fully saturated rings. The van der Waals surface area contributed by atoms with Crippen LogP contribution in [0.5, 0.6) is 0 Å². The summed E-state index contributed by atoms with van der Waals surface area (Å²) in [5.41, 5.74) is 1.76. The lowest BCUT2D eigenvalue weighted by atomic mass is 10.2. The highest BCUT2D eigenvalue weighted by molar-refractivity contribution is 5.87. The number of para-hydroxylation sites is 1. The molecule has 0 unspecified atom stereocenters. The molecule has 0 saturated carbocycles. The number of hydrogen-bond donors (Lipinski definition) is 1. The van der Waals surface area contributed by atoms with E-state index in [0.29, 0.717) is 6.54 Å². The molecule has 0 atom stereocenters. The van der Waals surface area contributed by atoms with E-state index in [4.69, 9.17) is 4.52 Å². The van der Waals surface area contributed by atoms with E-state index < -0.39 is 0 Å². The highest BCUT2D eigenvalue weighted by Gasteiger charge is 2.06. The third-order valence-electron chi connectivity index (χ3n) is 2.58. The first-order valence-electron chi connectivity index (χ1n) is 5.40. The normalized spacial score (nSPS) is 10.9. The summed E-state index contributed by atoms with van der Waals surface area (Å²) in [6, 6.07) is 9.73. The summed E-state index contributed by atoms with van der Waals surface area (Å²) in [6.07, 6.45) is 1.91. The van der Waals surface area contributed by atoms with Gasteiger partial charge in [-0.25, -0.2) is 0 Å². The summed E-state index contributed by atoms with van der Waals surface area (Å²) in [5.74, 6) is 0.756. The maximum atomic E-state index is 5.20. The van der Waals surface area contributed by atoms with Gasteiger partial charge in [0.05, 0.1) is 17.6 Å². The zero-order valence-corrected chi connectivity index (χ0v) is 9.42. The van der Waals surface area contributed by atoms with E-state index in [1.165, 1.54) is 0 Å². The van der Waals surface area contributed by atoms with Gasteiger partial charge in [0.25, 0.3) is 0 Å². The summed E-state index contributed by atoms with van der Waals surface area (Å²) in [6.45, 7) is 0.636. The Hall–Kier alpha value is -2.30. The second-order valence-corrected chi connectivity index (χ2v) is 3.86. The molecule has 0 bridgehead atoms. The molecule has 0 aliphatic carbocycles. The first-order valence-corrected chi connectivity index (χ1v) is 5.40. The van der Waals surface area contributed by atoms with Crippen LogP contribution >= 0.6 is 0 Å². The second kappa shape index (κ2) is 3.93. The van der Waals surface area contributed by atoms with Crippen molar-refractivity contribution >= 4 is 16.8 Å². The minimum absolute atomic E-state index is 0.636. The molecule has 0 radical (unpaired) electrons. The summed E-state index contributed by atoms with van der Waals surface area (Å²) >= 11 is 0. The third kappa shape index (κ3) is 1.87. The van der Waals surface area contributed by atoms with Crippen molar-refractivity contribution in [1.29, 1.82) is 0 Å². The molecule has 0 saturated heterocycles. The molecule has 2 aromatic heterocycles. The molecule has 0 aliphatic heterocycles. The summed E-state index contributed by atoms with van der Waals surface area (Å²) < 4.78 is 6.98. The Morgan fingerprint density at radius 2 is 2.18 bits per heavy atom. The predicted molar refractivity (Wildman–Crippen MR) is 64.5 cm³/mol. The van der Waals surface area contributed by atoms with E-state index >= 15 is 0 Å². The molecule has 0 spiro atoms. The van der Waals surface area contributed by atoms with Crippen LogP contribution in [-0.2, 0) is 13.6 Å². The van der Waals surface area contributed by atoms with Crippen LogP contribution in [0.2, 0.25) is 0 Å². The first kappa shape index (κ1) is 9.89. The molecule has 1 aromatic carbocycles. The van der Waals surface area contributed by atoms with E-state index in [9.17, 15) is 0 Å². The molecular weight excluding hydrogens is 216 g/mol. The monoisotopic (exact) mass is 228 g/mol. The van der Waals surface area contributed by atoms with Crippen molar-refractivity contribution in [3.05, 3.63) is 42.2 Å². The van der Waals surface area contributed by atoms with Gasteiger partial charge in [-0.15, -0.1) is 0 Å². The Labute approximate surface area is 98.0 Å². The molecule has 86 valence electrons. The number of aromatic nitrogens is 3. The van der Waals surface area contributed by atoms with Gasteiger partial charge in [0, 0.05) is 13.2 Å². The van der Waals surface area contributed by atoms with Gasteiger partial charge in [-0.05, 0) is 18.2 Å². The Morgan fingerprint density at radius 1 is 1.29 bits per heavy atom. The summed E-state index contributed by atoms with van der Waals surface area (Å²) in [4.78, 5) is 0. The van der Waals surface area contributed by atoms with Crippen LogP contribution < -0.4 is 5.32 Å². The van der Waals surface area contributed by atoms with Gasteiger partial charge in [-0.2, -0.15) is 5.10 Å². The summed E-state index contributed by atoms with van der Waals surface area (Å²) in [7, 11) is 1.90. The fourth-order valence-electron chi connectivity index (χ4n) is 1.75. The van der Waals surface area contributed by atoms with E-state index in [2.05, 4.69) is 15.6 Å². The van der Waals surface area contributed by atoms with Crippen molar-refractivity contribution in [2.75, 3.05) is 5.32 Å². The van der Waals surface area contributed by atoms with Gasteiger partial charge >= 0.3 is 0 Å². The number of aryl methyl sites for hydroxylation is 1. The molecule has 2 heterocycles. The van der Waals surface area contributed by atoms with E-state index in [0.717, 1.165) is 22.5 Å². The van der Waals surface area contributed by atoms with Gasteiger partial charge in [0.15, 0.2) is 11.4 Å². The lowest BCUT2D eigenvalue weighted by Gasteiger charge is -1.99. The summed E-state index contributed by atoms with van der Waals surface area (Å²) in [5, 5.41) is 12.5. The molecular formula is C12H12N4O. The molecule has 0 aliphatic rings. The van der Waals surface area contributed by atoms with E-state index in [1.54, 1.807) is 4.68 Å². The quantitative estimate of drug-likeness (QED) is 0.746. The van der Waals surface area contributed by atoms with Gasteiger partial charge in [0.1, 0.15) is 0 Å². The number of fused-ring (bicyclic) bond motifs is 1. The van der Waals surface area contributed by atoms with Crippen molar-refractivity contribution in [1.82, 2.24) is 14.9 Å². The van der Waals surface area contributed by atoms with Crippen LogP contribution in [0.1, 0.15) is 5.69 Å². The van der Waals surface area contributed by atoms with Crippen molar-refractivity contribution in [3.63, 3.8) is 0 Å². The Bertz CT molecular complexity index is 641. The number of nitrogens with one attached hydrogen (secondary N) is 1. The molecule has 17 heavy (non-hydrogen) atoms. The predicted octanol–water partition coefficient (Wildman–Crippen LogP) is 2.17. The van der Waals surface area contributed by atoms with Crippen LogP contribution in [0.25, 0.3) is 11.0 Å². The molecule has 1 N–H and O–H groups in total. The standard InChI is InChI=1S/C12H12N4O/c1-16-7-6-9(14-16)8-13-12-10-4-2-3-5-11(10)17-15-12/h2-7H,8H2,1H3,(H,13,15). The maximum absolute atomic E-state index is 5.20. The molecule has 5 nitrogen and oxygen atoms in total. The van der Waals surface area contributed by atoms with Crippen molar-refractivity contribution in [2.45, 2.75) is 6.54 Å². The minimum atomic E-state index is 0.636. The number of hydrogen-bond acceptors (Lipinski definition) is 4. The van der Waals surface area contributed by atoms with Crippen molar-refractivity contribution in [3.8, 4) is 0 Å². The van der Waals surface area contributed by atoms with Gasteiger partial charge in [-0.1, -0.05) is 17.3 Å². The smallest absolute Gasteiger partial charge is 0.177 e. The largest absolute Gasteiger partial charge is 0.361 e. The van der Waals surface area contributed by atoms with Crippen molar-refractivity contribution < 1.29 is 4.52 Å². The van der Waals surface area contributed by atoms with E-state index in [1.807, 2.05) is 43.6 Å². The van der Waals surface area contributed by atoms with Gasteiger partial charge in [0.2, 0.25) is 0 Å². The zero-order chi connectivity index (χ0) is 11.7. The first-order chi connectivity index (χ1) is 8.33. The fraction of sp³-hybridized carbons (Fsp3) is 0.167. The number of rotatable bonds is 3. The van der Waals surface area contributed by atoms with Gasteiger partial charge < -0.3 is 9.84 Å². The number of nitrogens with zero attached hydrogens (tertiary/aromatic N) is 3. The average Bonchev–Trinajstić information content (AvgIpc) is 2.93. The molecule has 3 aromatic rings. The second-order valence-electron chi connectivity index (χ2n) is 3.86. The molecule has 0 amide bonds. The average molecular weight is 228 g/mol. The fourth-order valence-corrected chi connectivity index (χ4v) is 1.75. The number of benzene rings is 1. The molecule has 3 rings (SSSR count). The topological polar surface area (TPSA) is 55.9 Å². The highest BCUT2D eigenvalue weighted by Crippen LogP contribution is 2.22. The zero-order valence-electron chi connectivity index (χ0n) is 9.42. The van der Waals surface area contributed by atoms with Crippen LogP contribution in [-0.4, -0.2) is 14.9 Å². The third-order valence-corrected chi connectivity index (χ3v) is 2.58.